The van der Waals surface area contributed by atoms with Crippen LogP contribution in [-0.2, 0) is 4.79 Å². The van der Waals surface area contributed by atoms with Crippen molar-refractivity contribution in [3.05, 3.63) is 10.6 Å². The summed E-state index contributed by atoms with van der Waals surface area (Å²) in [6.07, 6.45) is 2.34. The first-order valence-electron chi connectivity index (χ1n) is 3.17. The minimum Gasteiger partial charge on any atom is -0.281 e. The van der Waals surface area contributed by atoms with Gasteiger partial charge in [-0.15, -0.1) is 0 Å². The van der Waals surface area contributed by atoms with Gasteiger partial charge in [0.2, 0.25) is 5.24 Å². The zero-order valence-electron chi connectivity index (χ0n) is 5.86. The Balaban J connectivity index is 3.73. The molecule has 0 rings (SSSR count). The molecule has 0 aromatic heterocycles. The van der Waals surface area contributed by atoms with E-state index < -0.39 is 0 Å². The third-order valence-corrected chi connectivity index (χ3v) is 1.87. The molecule has 0 amide bonds. The van der Waals surface area contributed by atoms with Crippen LogP contribution < -0.4 is 0 Å². The Kier molecular flexibility index (Phi) is 6.03. The van der Waals surface area contributed by atoms with Crippen molar-refractivity contribution in [2.24, 2.45) is 0 Å². The fourth-order valence-electron chi connectivity index (χ4n) is 0.681. The van der Waals surface area contributed by atoms with Gasteiger partial charge in [0.05, 0.1) is 0 Å². The molecule has 0 fully saturated rings. The Labute approximate surface area is 74.6 Å². The third-order valence-electron chi connectivity index (χ3n) is 1.09. The van der Waals surface area contributed by atoms with Crippen molar-refractivity contribution in [3.8, 4) is 0 Å². The van der Waals surface area contributed by atoms with Crippen LogP contribution in [-0.4, -0.2) is 5.24 Å². The SMILES string of the molecule is CCCC(=CBr)CC(=O)Cl. The number of carbonyl (C=O) groups excluding carboxylic acids is 1. The average molecular weight is 226 g/mol. The van der Waals surface area contributed by atoms with Crippen LogP contribution in [0.15, 0.2) is 10.6 Å². The van der Waals surface area contributed by atoms with Gasteiger partial charge in [-0.25, -0.2) is 0 Å². The molecule has 0 saturated heterocycles. The molecular formula is C7H10BrClO. The fraction of sp³-hybridized carbons (Fsp3) is 0.571. The molecule has 0 heterocycles. The maximum Gasteiger partial charge on any atom is 0.225 e. The van der Waals surface area contributed by atoms with E-state index in [0.29, 0.717) is 6.42 Å². The minimum absolute atomic E-state index is 0.292. The highest BCUT2D eigenvalue weighted by Gasteiger charge is 2.00. The molecule has 1 nitrogen and oxygen atoms in total. The zero-order chi connectivity index (χ0) is 7.98. The van der Waals surface area contributed by atoms with E-state index in [1.807, 2.05) is 0 Å². The number of rotatable bonds is 4. The molecule has 0 N–H and O–H groups in total. The molecule has 0 saturated carbocycles. The predicted molar refractivity (Wildman–Crippen MR) is 47.4 cm³/mol. The molecule has 0 aromatic rings. The lowest BCUT2D eigenvalue weighted by atomic mass is 10.1. The van der Waals surface area contributed by atoms with E-state index in [1.165, 1.54) is 0 Å². The molecule has 3 heteroatoms. The Hall–Kier alpha value is 0.180. The standard InChI is InChI=1S/C7H10BrClO/c1-2-3-6(5-8)4-7(9)10/h5H,2-4H2,1H3. The maximum absolute atomic E-state index is 10.4. The van der Waals surface area contributed by atoms with Crippen LogP contribution in [0.4, 0.5) is 0 Å². The van der Waals surface area contributed by atoms with E-state index in [1.54, 1.807) is 4.99 Å². The second kappa shape index (κ2) is 5.93. The van der Waals surface area contributed by atoms with E-state index in [9.17, 15) is 4.79 Å². The van der Waals surface area contributed by atoms with Gasteiger partial charge >= 0.3 is 0 Å². The fourth-order valence-corrected chi connectivity index (χ4v) is 1.24. The van der Waals surface area contributed by atoms with E-state index >= 15 is 0 Å². The van der Waals surface area contributed by atoms with Gasteiger partial charge < -0.3 is 0 Å². The number of halogens is 2. The van der Waals surface area contributed by atoms with E-state index in [0.717, 1.165) is 18.4 Å². The highest BCUT2D eigenvalue weighted by Crippen LogP contribution is 2.13. The number of hydrogen-bond donors (Lipinski definition) is 0. The summed E-state index contributed by atoms with van der Waals surface area (Å²) in [4.78, 5) is 12.2. The van der Waals surface area contributed by atoms with Crippen molar-refractivity contribution in [2.45, 2.75) is 26.2 Å². The molecule has 10 heavy (non-hydrogen) atoms. The third kappa shape index (κ3) is 5.00. The van der Waals surface area contributed by atoms with Crippen molar-refractivity contribution in [3.63, 3.8) is 0 Å². The normalized spacial score (nSPS) is 11.7. The molecule has 0 aliphatic heterocycles. The van der Waals surface area contributed by atoms with Crippen molar-refractivity contribution in [1.82, 2.24) is 0 Å². The second-order valence-corrected chi connectivity index (χ2v) is 2.93. The van der Waals surface area contributed by atoms with Crippen molar-refractivity contribution < 1.29 is 4.79 Å². The molecule has 0 spiro atoms. The van der Waals surface area contributed by atoms with Crippen molar-refractivity contribution in [1.29, 1.82) is 0 Å². The molecule has 0 unspecified atom stereocenters. The lowest BCUT2D eigenvalue weighted by Crippen LogP contribution is -1.89. The summed E-state index contributed by atoms with van der Waals surface area (Å²) in [6, 6.07) is 0. The highest BCUT2D eigenvalue weighted by atomic mass is 79.9. The van der Waals surface area contributed by atoms with Crippen LogP contribution >= 0.6 is 27.5 Å². The van der Waals surface area contributed by atoms with Gasteiger partial charge in [0, 0.05) is 6.42 Å². The predicted octanol–water partition coefficient (Wildman–Crippen LogP) is 3.22. The van der Waals surface area contributed by atoms with Gasteiger partial charge in [-0.1, -0.05) is 34.8 Å². The van der Waals surface area contributed by atoms with Gasteiger partial charge in [-0.2, -0.15) is 0 Å². The van der Waals surface area contributed by atoms with E-state index in [4.69, 9.17) is 11.6 Å². The summed E-state index contributed by atoms with van der Waals surface area (Å²) in [5.41, 5.74) is 1.06. The number of hydrogen-bond acceptors (Lipinski definition) is 1. The van der Waals surface area contributed by atoms with Crippen LogP contribution in [0, 0.1) is 0 Å². The van der Waals surface area contributed by atoms with Crippen molar-refractivity contribution >= 4 is 32.8 Å². The average Bonchev–Trinajstić information content (AvgIpc) is 1.86. The first-order valence-corrected chi connectivity index (χ1v) is 4.46. The molecule has 0 aliphatic carbocycles. The topological polar surface area (TPSA) is 17.1 Å². The van der Waals surface area contributed by atoms with E-state index in [2.05, 4.69) is 22.9 Å². The van der Waals surface area contributed by atoms with Crippen LogP contribution in [0.25, 0.3) is 0 Å². The van der Waals surface area contributed by atoms with Gasteiger partial charge in [-0.3, -0.25) is 4.79 Å². The van der Waals surface area contributed by atoms with Gasteiger partial charge in [0.1, 0.15) is 0 Å². The zero-order valence-corrected chi connectivity index (χ0v) is 8.20. The summed E-state index contributed by atoms with van der Waals surface area (Å²) < 4.78 is 0. The lowest BCUT2D eigenvalue weighted by Gasteiger charge is -1.98. The number of allylic oxidation sites excluding steroid dienone is 1. The second-order valence-electron chi connectivity index (χ2n) is 2.05. The van der Waals surface area contributed by atoms with Gasteiger partial charge in [0.15, 0.2) is 0 Å². The molecule has 0 radical (unpaired) electrons. The van der Waals surface area contributed by atoms with Crippen LogP contribution in [0.2, 0.25) is 0 Å². The smallest absolute Gasteiger partial charge is 0.225 e. The molecule has 0 aliphatic rings. The van der Waals surface area contributed by atoms with Crippen LogP contribution in [0.3, 0.4) is 0 Å². The molecule has 0 atom stereocenters. The van der Waals surface area contributed by atoms with E-state index in [-0.39, 0.29) is 5.24 Å². The maximum atomic E-state index is 10.4. The van der Waals surface area contributed by atoms with Crippen molar-refractivity contribution in [2.75, 3.05) is 0 Å². The van der Waals surface area contributed by atoms with Crippen LogP contribution in [0.5, 0.6) is 0 Å². The Morgan fingerprint density at radius 1 is 1.70 bits per heavy atom. The summed E-state index contributed by atoms with van der Waals surface area (Å²) in [5, 5.41) is -0.292. The molecule has 0 aromatic carbocycles. The first kappa shape index (κ1) is 10.2. The quantitative estimate of drug-likeness (QED) is 0.672. The lowest BCUT2D eigenvalue weighted by molar-refractivity contribution is -0.111. The van der Waals surface area contributed by atoms with Crippen LogP contribution in [0.1, 0.15) is 26.2 Å². The Morgan fingerprint density at radius 2 is 2.30 bits per heavy atom. The molecule has 58 valence electrons. The highest BCUT2D eigenvalue weighted by molar-refractivity contribution is 9.11. The van der Waals surface area contributed by atoms with Gasteiger partial charge in [-0.05, 0) is 23.0 Å². The van der Waals surface area contributed by atoms with Gasteiger partial charge in [0.25, 0.3) is 0 Å². The molecule has 0 bridgehead atoms. The molecular weight excluding hydrogens is 215 g/mol. The summed E-state index contributed by atoms with van der Waals surface area (Å²) in [6.45, 7) is 2.06. The largest absolute Gasteiger partial charge is 0.281 e. The number of carbonyl (C=O) groups is 1. The summed E-state index contributed by atoms with van der Waals surface area (Å²) >= 11 is 8.36. The minimum atomic E-state index is -0.292. The monoisotopic (exact) mass is 224 g/mol. The summed E-state index contributed by atoms with van der Waals surface area (Å²) in [7, 11) is 0. The Bertz CT molecular complexity index is 143. The first-order chi connectivity index (χ1) is 4.70. The summed E-state index contributed by atoms with van der Waals surface area (Å²) in [5.74, 6) is 0. The Morgan fingerprint density at radius 3 is 2.60 bits per heavy atom.